The van der Waals surface area contributed by atoms with E-state index >= 15 is 0 Å². The topological polar surface area (TPSA) is 9.23 Å². The van der Waals surface area contributed by atoms with Gasteiger partial charge in [-0.2, -0.15) is 0 Å². The van der Waals surface area contributed by atoms with Crippen LogP contribution in [0.5, 0.6) is 0 Å². The molecule has 1 unspecified atom stereocenters. The number of ether oxygens (including phenoxy) is 1. The summed E-state index contributed by atoms with van der Waals surface area (Å²) in [6.45, 7) is 2.13. The molecule has 0 aromatic heterocycles. The predicted octanol–water partition coefficient (Wildman–Crippen LogP) is 2.41. The smallest absolute Gasteiger partial charge is 0.132 e. The molecule has 15 heavy (non-hydrogen) atoms. The SMILES string of the molecule is CC1=C2[CH]CC([N+](C)(C)C)C=C2OC=C1. The monoisotopic (exact) mass is 205 g/mol. The van der Waals surface area contributed by atoms with Gasteiger partial charge in [0.05, 0.1) is 27.4 Å². The number of nitrogens with zero attached hydrogens (tertiary/aromatic N) is 1. The highest BCUT2D eigenvalue weighted by molar-refractivity contribution is 5.46. The zero-order chi connectivity index (χ0) is 11.1. The van der Waals surface area contributed by atoms with Gasteiger partial charge < -0.3 is 9.22 Å². The lowest BCUT2D eigenvalue weighted by Gasteiger charge is -2.36. The minimum atomic E-state index is 0.517. The van der Waals surface area contributed by atoms with Crippen LogP contribution in [0.2, 0.25) is 0 Å². The van der Waals surface area contributed by atoms with Crippen molar-refractivity contribution >= 4 is 0 Å². The minimum absolute atomic E-state index is 0.517. The molecule has 0 bridgehead atoms. The molecular formula is C13H19NO+. The van der Waals surface area contributed by atoms with Crippen LogP contribution in [0.25, 0.3) is 0 Å². The predicted molar refractivity (Wildman–Crippen MR) is 61.7 cm³/mol. The number of hydrogen-bond donors (Lipinski definition) is 0. The Bertz CT molecular complexity index is 355. The van der Waals surface area contributed by atoms with Crippen LogP contribution in [0.3, 0.4) is 0 Å². The summed E-state index contributed by atoms with van der Waals surface area (Å²) in [5.74, 6) is 1.03. The van der Waals surface area contributed by atoms with Crippen molar-refractivity contribution in [3.05, 3.63) is 41.7 Å². The molecule has 0 saturated carbocycles. The summed E-state index contributed by atoms with van der Waals surface area (Å²) in [6, 6.07) is 0.517. The lowest BCUT2D eigenvalue weighted by molar-refractivity contribution is -0.889. The summed E-state index contributed by atoms with van der Waals surface area (Å²) in [4.78, 5) is 0. The average molecular weight is 205 g/mol. The van der Waals surface area contributed by atoms with E-state index in [1.807, 2.05) is 6.08 Å². The third-order valence-electron chi connectivity index (χ3n) is 3.11. The molecule has 0 aromatic rings. The molecule has 1 atom stereocenters. The quantitative estimate of drug-likeness (QED) is 0.597. The first-order valence-corrected chi connectivity index (χ1v) is 5.39. The van der Waals surface area contributed by atoms with Crippen LogP contribution in [-0.4, -0.2) is 31.7 Å². The Morgan fingerprint density at radius 3 is 2.73 bits per heavy atom. The van der Waals surface area contributed by atoms with Gasteiger partial charge in [-0.15, -0.1) is 0 Å². The van der Waals surface area contributed by atoms with Gasteiger partial charge in [-0.1, -0.05) is 0 Å². The van der Waals surface area contributed by atoms with Crippen LogP contribution < -0.4 is 0 Å². The van der Waals surface area contributed by atoms with Gasteiger partial charge >= 0.3 is 0 Å². The summed E-state index contributed by atoms with van der Waals surface area (Å²) in [6.07, 6.45) is 9.44. The molecule has 0 aromatic carbocycles. The Kier molecular flexibility index (Phi) is 2.47. The van der Waals surface area contributed by atoms with E-state index in [0.717, 1.165) is 16.7 Å². The summed E-state index contributed by atoms with van der Waals surface area (Å²) in [7, 11) is 6.65. The maximum Gasteiger partial charge on any atom is 0.132 e. The fraction of sp³-hybridized carbons (Fsp3) is 0.462. The van der Waals surface area contributed by atoms with Crippen molar-refractivity contribution in [1.82, 2.24) is 0 Å². The molecule has 2 nitrogen and oxygen atoms in total. The molecule has 0 fully saturated rings. The van der Waals surface area contributed by atoms with Crippen molar-refractivity contribution in [3.8, 4) is 0 Å². The lowest BCUT2D eigenvalue weighted by atomic mass is 9.91. The third-order valence-corrected chi connectivity index (χ3v) is 3.11. The van der Waals surface area contributed by atoms with E-state index in [9.17, 15) is 0 Å². The number of rotatable bonds is 1. The molecule has 0 N–H and O–H groups in total. The second-order valence-corrected chi connectivity index (χ2v) is 5.17. The molecule has 1 radical (unpaired) electrons. The molecular weight excluding hydrogens is 186 g/mol. The summed E-state index contributed by atoms with van der Waals surface area (Å²) >= 11 is 0. The maximum atomic E-state index is 5.56. The summed E-state index contributed by atoms with van der Waals surface area (Å²) < 4.78 is 6.50. The molecule has 1 heterocycles. The van der Waals surface area contributed by atoms with Crippen molar-refractivity contribution in [3.63, 3.8) is 0 Å². The van der Waals surface area contributed by atoms with Crippen molar-refractivity contribution in [2.45, 2.75) is 19.4 Å². The number of allylic oxidation sites excluding steroid dienone is 3. The second-order valence-electron chi connectivity index (χ2n) is 5.17. The van der Waals surface area contributed by atoms with Crippen LogP contribution >= 0.6 is 0 Å². The highest BCUT2D eigenvalue weighted by atomic mass is 16.5. The van der Waals surface area contributed by atoms with Gasteiger partial charge in [-0.3, -0.25) is 0 Å². The van der Waals surface area contributed by atoms with Crippen LogP contribution in [-0.2, 0) is 4.74 Å². The summed E-state index contributed by atoms with van der Waals surface area (Å²) in [5.41, 5.74) is 2.56. The highest BCUT2D eigenvalue weighted by Crippen LogP contribution is 2.32. The van der Waals surface area contributed by atoms with E-state index in [1.165, 1.54) is 11.1 Å². The van der Waals surface area contributed by atoms with Crippen LogP contribution in [0, 0.1) is 6.42 Å². The van der Waals surface area contributed by atoms with Crippen molar-refractivity contribution in [1.29, 1.82) is 0 Å². The van der Waals surface area contributed by atoms with E-state index in [1.54, 1.807) is 6.26 Å². The van der Waals surface area contributed by atoms with Crippen LogP contribution in [0.4, 0.5) is 0 Å². The van der Waals surface area contributed by atoms with E-state index in [2.05, 4.69) is 40.6 Å². The Morgan fingerprint density at radius 1 is 1.33 bits per heavy atom. The number of likely N-dealkylation sites (N-methyl/N-ethyl adjacent to an activating group) is 1. The molecule has 0 amide bonds. The Morgan fingerprint density at radius 2 is 2.07 bits per heavy atom. The molecule has 0 spiro atoms. The van der Waals surface area contributed by atoms with Gasteiger partial charge in [-0.05, 0) is 18.6 Å². The standard InChI is InChI=1S/C13H19NO/c1-10-7-8-15-13-9-11(14(2,3)4)5-6-12(10)13/h6-9,11H,5H2,1-4H3/q+1. The number of fused-ring (bicyclic) bond motifs is 1. The molecule has 1 aliphatic heterocycles. The second kappa shape index (κ2) is 3.53. The minimum Gasteiger partial charge on any atom is -0.465 e. The first-order chi connectivity index (χ1) is 6.98. The van der Waals surface area contributed by atoms with Crippen LogP contribution in [0.1, 0.15) is 13.3 Å². The zero-order valence-corrected chi connectivity index (χ0v) is 9.95. The Hall–Kier alpha value is -1.02. The van der Waals surface area contributed by atoms with Gasteiger partial charge in [0.2, 0.25) is 0 Å². The van der Waals surface area contributed by atoms with Crippen molar-refractivity contribution < 1.29 is 9.22 Å². The fourth-order valence-electron chi connectivity index (χ4n) is 1.97. The molecule has 81 valence electrons. The molecule has 2 aliphatic rings. The first-order valence-electron chi connectivity index (χ1n) is 5.39. The van der Waals surface area contributed by atoms with E-state index in [4.69, 9.17) is 4.74 Å². The summed E-state index contributed by atoms with van der Waals surface area (Å²) in [5, 5.41) is 0. The van der Waals surface area contributed by atoms with E-state index in [0.29, 0.717) is 6.04 Å². The molecule has 2 heteroatoms. The maximum absolute atomic E-state index is 5.56. The van der Waals surface area contributed by atoms with Crippen LogP contribution in [0.15, 0.2) is 35.3 Å². The van der Waals surface area contributed by atoms with E-state index in [-0.39, 0.29) is 0 Å². The van der Waals surface area contributed by atoms with Gasteiger partial charge in [0, 0.05) is 24.5 Å². The van der Waals surface area contributed by atoms with Gasteiger partial charge in [-0.25, -0.2) is 0 Å². The Balaban J connectivity index is 2.30. The third kappa shape index (κ3) is 2.00. The number of hydrogen-bond acceptors (Lipinski definition) is 1. The van der Waals surface area contributed by atoms with Crippen molar-refractivity contribution in [2.24, 2.45) is 0 Å². The number of quaternary nitrogens is 1. The normalized spacial score (nSPS) is 25.9. The fourth-order valence-corrected chi connectivity index (χ4v) is 1.97. The zero-order valence-electron chi connectivity index (χ0n) is 9.95. The molecule has 2 rings (SSSR count). The van der Waals surface area contributed by atoms with Gasteiger partial charge in [0.15, 0.2) is 0 Å². The highest BCUT2D eigenvalue weighted by Gasteiger charge is 2.29. The molecule has 0 saturated heterocycles. The average Bonchev–Trinajstić information content (AvgIpc) is 2.16. The van der Waals surface area contributed by atoms with Gasteiger partial charge in [0.1, 0.15) is 11.8 Å². The largest absolute Gasteiger partial charge is 0.465 e. The molecule has 1 aliphatic carbocycles. The lowest BCUT2D eigenvalue weighted by Crippen LogP contribution is -2.45. The first kappa shape index (κ1) is 10.5. The van der Waals surface area contributed by atoms with Crippen molar-refractivity contribution in [2.75, 3.05) is 21.1 Å². The van der Waals surface area contributed by atoms with E-state index < -0.39 is 0 Å². The Labute approximate surface area is 92.1 Å². The van der Waals surface area contributed by atoms with Gasteiger partial charge in [0.25, 0.3) is 0 Å².